The highest BCUT2D eigenvalue weighted by atomic mass is 35.5. The first-order valence-electron chi connectivity index (χ1n) is 7.37. The number of rotatable bonds is 7. The van der Waals surface area contributed by atoms with Gasteiger partial charge in [-0.2, -0.15) is 0 Å². The lowest BCUT2D eigenvalue weighted by Crippen LogP contribution is -2.32. The highest BCUT2D eigenvalue weighted by Crippen LogP contribution is 2.15. The molecule has 1 N–H and O–H groups in total. The predicted molar refractivity (Wildman–Crippen MR) is 95.4 cm³/mol. The van der Waals surface area contributed by atoms with Crippen molar-refractivity contribution in [3.63, 3.8) is 0 Å². The molecular weight excluding hydrogens is 312 g/mol. The molecule has 0 saturated heterocycles. The standard InChI is InChI=1S/C18H22N2O2.ClH/c1-19-12-13-20(2)18(21)16-8-10-17(11-9-16)22-14-15-6-4-3-5-7-15;/h3-11,19H,12-14H2,1-2H3;1H. The molecule has 0 atom stereocenters. The van der Waals surface area contributed by atoms with Crippen LogP contribution in [-0.2, 0) is 6.61 Å². The van der Waals surface area contributed by atoms with Crippen LogP contribution in [0.25, 0.3) is 0 Å². The fraction of sp³-hybridized carbons (Fsp3) is 0.278. The first-order chi connectivity index (χ1) is 10.7. The van der Waals surface area contributed by atoms with Gasteiger partial charge < -0.3 is 15.0 Å². The molecule has 0 aliphatic heterocycles. The third kappa shape index (κ3) is 5.93. The molecule has 0 aliphatic rings. The number of ether oxygens (including phenoxy) is 1. The minimum atomic E-state index is 0. The molecule has 0 radical (unpaired) electrons. The van der Waals surface area contributed by atoms with E-state index in [0.717, 1.165) is 17.9 Å². The van der Waals surface area contributed by atoms with Crippen molar-refractivity contribution < 1.29 is 9.53 Å². The summed E-state index contributed by atoms with van der Waals surface area (Å²) in [5.41, 5.74) is 1.79. The van der Waals surface area contributed by atoms with Gasteiger partial charge in [0, 0.05) is 25.7 Å². The zero-order valence-electron chi connectivity index (χ0n) is 13.5. The van der Waals surface area contributed by atoms with Gasteiger partial charge in [0.1, 0.15) is 12.4 Å². The number of nitrogens with one attached hydrogen (secondary N) is 1. The Hall–Kier alpha value is -2.04. The van der Waals surface area contributed by atoms with Gasteiger partial charge in [-0.15, -0.1) is 12.4 Å². The molecular formula is C18H23ClN2O2. The van der Waals surface area contributed by atoms with Crippen molar-refractivity contribution in [2.75, 3.05) is 27.2 Å². The van der Waals surface area contributed by atoms with E-state index in [9.17, 15) is 4.79 Å². The van der Waals surface area contributed by atoms with E-state index in [2.05, 4.69) is 5.32 Å². The van der Waals surface area contributed by atoms with Gasteiger partial charge in [-0.1, -0.05) is 30.3 Å². The summed E-state index contributed by atoms with van der Waals surface area (Å²) in [6.07, 6.45) is 0. The second-order valence-corrected chi connectivity index (χ2v) is 5.13. The van der Waals surface area contributed by atoms with Crippen LogP contribution in [0.2, 0.25) is 0 Å². The summed E-state index contributed by atoms with van der Waals surface area (Å²) < 4.78 is 5.72. The van der Waals surface area contributed by atoms with Crippen LogP contribution < -0.4 is 10.1 Å². The molecule has 0 aliphatic carbocycles. The van der Waals surface area contributed by atoms with Crippen LogP contribution in [0.1, 0.15) is 15.9 Å². The molecule has 0 aromatic heterocycles. The maximum Gasteiger partial charge on any atom is 0.253 e. The van der Waals surface area contributed by atoms with Crippen molar-refractivity contribution in [1.82, 2.24) is 10.2 Å². The van der Waals surface area contributed by atoms with E-state index in [1.165, 1.54) is 0 Å². The minimum absolute atomic E-state index is 0. The van der Waals surface area contributed by atoms with Gasteiger partial charge in [0.2, 0.25) is 0 Å². The molecule has 2 aromatic carbocycles. The lowest BCUT2D eigenvalue weighted by Gasteiger charge is -2.17. The molecule has 2 rings (SSSR count). The molecule has 124 valence electrons. The number of hydrogen-bond donors (Lipinski definition) is 1. The number of nitrogens with zero attached hydrogens (tertiary/aromatic N) is 1. The van der Waals surface area contributed by atoms with Crippen molar-refractivity contribution in [2.45, 2.75) is 6.61 Å². The van der Waals surface area contributed by atoms with Crippen molar-refractivity contribution in [1.29, 1.82) is 0 Å². The van der Waals surface area contributed by atoms with Crippen molar-refractivity contribution >= 4 is 18.3 Å². The minimum Gasteiger partial charge on any atom is -0.489 e. The van der Waals surface area contributed by atoms with E-state index in [0.29, 0.717) is 18.7 Å². The van der Waals surface area contributed by atoms with Gasteiger partial charge in [-0.05, 0) is 36.9 Å². The Morgan fingerprint density at radius 2 is 1.74 bits per heavy atom. The average Bonchev–Trinajstić information content (AvgIpc) is 2.58. The summed E-state index contributed by atoms with van der Waals surface area (Å²) in [7, 11) is 3.68. The maximum absolute atomic E-state index is 12.2. The SMILES string of the molecule is CNCCN(C)C(=O)c1ccc(OCc2ccccc2)cc1.Cl. The molecule has 1 amide bonds. The largest absolute Gasteiger partial charge is 0.489 e. The molecule has 0 spiro atoms. The van der Waals surface area contributed by atoms with Crippen LogP contribution in [0.3, 0.4) is 0 Å². The van der Waals surface area contributed by atoms with Gasteiger partial charge in [0.15, 0.2) is 0 Å². The van der Waals surface area contributed by atoms with Crippen molar-refractivity contribution in [2.24, 2.45) is 0 Å². The molecule has 0 bridgehead atoms. The van der Waals surface area contributed by atoms with Gasteiger partial charge in [0.25, 0.3) is 5.91 Å². The Kier molecular flexibility index (Phi) is 8.16. The molecule has 4 nitrogen and oxygen atoms in total. The Balaban J connectivity index is 0.00000264. The summed E-state index contributed by atoms with van der Waals surface area (Å²) >= 11 is 0. The van der Waals surface area contributed by atoms with Crippen LogP contribution in [0.5, 0.6) is 5.75 Å². The van der Waals surface area contributed by atoms with E-state index >= 15 is 0 Å². The van der Waals surface area contributed by atoms with Gasteiger partial charge in [-0.25, -0.2) is 0 Å². The lowest BCUT2D eigenvalue weighted by atomic mass is 10.2. The van der Waals surface area contributed by atoms with E-state index in [-0.39, 0.29) is 18.3 Å². The van der Waals surface area contributed by atoms with Gasteiger partial charge in [-0.3, -0.25) is 4.79 Å². The third-order valence-electron chi connectivity index (χ3n) is 3.39. The molecule has 0 saturated carbocycles. The zero-order chi connectivity index (χ0) is 15.8. The second kappa shape index (κ2) is 9.87. The van der Waals surface area contributed by atoms with Crippen LogP contribution in [0.4, 0.5) is 0 Å². The topological polar surface area (TPSA) is 41.6 Å². The summed E-state index contributed by atoms with van der Waals surface area (Å²) in [5.74, 6) is 0.781. The van der Waals surface area contributed by atoms with E-state index < -0.39 is 0 Å². The number of halogens is 1. The van der Waals surface area contributed by atoms with Crippen LogP contribution in [0, 0.1) is 0 Å². The van der Waals surface area contributed by atoms with Crippen molar-refractivity contribution in [3.05, 3.63) is 65.7 Å². The predicted octanol–water partition coefficient (Wildman–Crippen LogP) is 2.98. The number of benzene rings is 2. The number of amides is 1. The van der Waals surface area contributed by atoms with E-state index in [4.69, 9.17) is 4.74 Å². The van der Waals surface area contributed by atoms with Crippen LogP contribution in [0.15, 0.2) is 54.6 Å². The van der Waals surface area contributed by atoms with Crippen LogP contribution >= 0.6 is 12.4 Å². The maximum atomic E-state index is 12.2. The fourth-order valence-corrected chi connectivity index (χ4v) is 2.04. The second-order valence-electron chi connectivity index (χ2n) is 5.13. The normalized spacial score (nSPS) is 9.83. The summed E-state index contributed by atoms with van der Waals surface area (Å²) in [5, 5.41) is 3.03. The summed E-state index contributed by atoms with van der Waals surface area (Å²) in [6, 6.07) is 17.3. The smallest absolute Gasteiger partial charge is 0.253 e. The quantitative estimate of drug-likeness (QED) is 0.846. The Labute approximate surface area is 143 Å². The Bertz CT molecular complexity index is 588. The lowest BCUT2D eigenvalue weighted by molar-refractivity contribution is 0.0797. The highest BCUT2D eigenvalue weighted by Gasteiger charge is 2.10. The Morgan fingerprint density at radius 1 is 1.09 bits per heavy atom. The molecule has 0 heterocycles. The van der Waals surface area contributed by atoms with Gasteiger partial charge in [0.05, 0.1) is 0 Å². The summed E-state index contributed by atoms with van der Waals surface area (Å²) in [4.78, 5) is 13.9. The molecule has 0 unspecified atom stereocenters. The number of carbonyl (C=O) groups is 1. The molecule has 2 aromatic rings. The zero-order valence-corrected chi connectivity index (χ0v) is 14.3. The van der Waals surface area contributed by atoms with Crippen molar-refractivity contribution in [3.8, 4) is 5.75 Å². The number of likely N-dealkylation sites (N-methyl/N-ethyl adjacent to an activating group) is 2. The average molecular weight is 335 g/mol. The Morgan fingerprint density at radius 3 is 2.35 bits per heavy atom. The van der Waals surface area contributed by atoms with Gasteiger partial charge >= 0.3 is 0 Å². The monoisotopic (exact) mass is 334 g/mol. The van der Waals surface area contributed by atoms with E-state index in [1.54, 1.807) is 24.1 Å². The first kappa shape index (κ1) is 19.0. The first-order valence-corrected chi connectivity index (χ1v) is 7.37. The molecule has 5 heteroatoms. The van der Waals surface area contributed by atoms with E-state index in [1.807, 2.05) is 49.5 Å². The fourth-order valence-electron chi connectivity index (χ4n) is 2.04. The molecule has 0 fully saturated rings. The third-order valence-corrected chi connectivity index (χ3v) is 3.39. The number of hydrogen-bond acceptors (Lipinski definition) is 3. The highest BCUT2D eigenvalue weighted by molar-refractivity contribution is 5.94. The molecule has 23 heavy (non-hydrogen) atoms. The summed E-state index contributed by atoms with van der Waals surface area (Å²) in [6.45, 7) is 1.98. The number of carbonyl (C=O) groups excluding carboxylic acids is 1. The van der Waals surface area contributed by atoms with Crippen LogP contribution in [-0.4, -0.2) is 38.0 Å².